The highest BCUT2D eigenvalue weighted by Crippen LogP contribution is 2.46. The largest absolute Gasteiger partial charge is 0.305 e. The smallest absolute Gasteiger partial charge is 0.237 e. The summed E-state index contributed by atoms with van der Waals surface area (Å²) in [5, 5.41) is 0.606. The van der Waals surface area contributed by atoms with Crippen LogP contribution in [0.25, 0.3) is 0 Å². The average molecular weight is 412 g/mol. The first-order chi connectivity index (χ1) is 13.5. The fourth-order valence-electron chi connectivity index (χ4n) is 4.36. The quantitative estimate of drug-likeness (QED) is 0.402. The summed E-state index contributed by atoms with van der Waals surface area (Å²) in [6.07, 6.45) is 0.845. The molecule has 5 nitrogen and oxygen atoms in total. The fourth-order valence-corrected chi connectivity index (χ4v) is 5.16. The van der Waals surface area contributed by atoms with Crippen molar-refractivity contribution in [3.05, 3.63) is 46.3 Å². The van der Waals surface area contributed by atoms with E-state index in [2.05, 4.69) is 36.8 Å². The lowest BCUT2D eigenvalue weighted by Gasteiger charge is -2.47. The fraction of sp³-hybridized carbons (Fsp3) is 0.478. The van der Waals surface area contributed by atoms with Crippen molar-refractivity contribution in [2.45, 2.75) is 71.5 Å². The van der Waals surface area contributed by atoms with Crippen molar-refractivity contribution in [1.82, 2.24) is 9.97 Å². The molecule has 0 bridgehead atoms. The monoisotopic (exact) mass is 411 g/mol. The van der Waals surface area contributed by atoms with Crippen molar-refractivity contribution >= 4 is 29.1 Å². The topological polar surface area (TPSA) is 63.2 Å². The maximum atomic E-state index is 13.4. The summed E-state index contributed by atoms with van der Waals surface area (Å²) in [6.45, 7) is 13.7. The number of aromatic nitrogens is 2. The van der Waals surface area contributed by atoms with E-state index in [0.717, 1.165) is 34.6 Å². The van der Waals surface area contributed by atoms with Crippen LogP contribution in [-0.4, -0.2) is 33.0 Å². The first kappa shape index (κ1) is 21.5. The first-order valence-electron chi connectivity index (χ1n) is 9.93. The molecule has 0 radical (unpaired) electrons. The Hall–Kier alpha value is -2.21. The number of ketones is 1. The van der Waals surface area contributed by atoms with Crippen molar-refractivity contribution in [2.24, 2.45) is 0 Å². The van der Waals surface area contributed by atoms with Crippen molar-refractivity contribution in [2.75, 3.05) is 10.7 Å². The molecule has 1 aliphatic heterocycles. The summed E-state index contributed by atoms with van der Waals surface area (Å²) in [5.41, 5.74) is 4.92. The van der Waals surface area contributed by atoms with Gasteiger partial charge in [0.15, 0.2) is 10.9 Å². The maximum absolute atomic E-state index is 13.4. The van der Waals surface area contributed by atoms with Crippen LogP contribution < -0.4 is 4.90 Å². The van der Waals surface area contributed by atoms with Crippen LogP contribution in [0.4, 0.5) is 5.69 Å². The van der Waals surface area contributed by atoms with E-state index in [9.17, 15) is 9.59 Å². The number of hydrogen-bond acceptors (Lipinski definition) is 5. The van der Waals surface area contributed by atoms with Gasteiger partial charge in [0, 0.05) is 22.5 Å². The molecule has 0 saturated carbocycles. The summed E-state index contributed by atoms with van der Waals surface area (Å²) in [7, 11) is 0. The Balaban J connectivity index is 2.00. The number of thioether (sulfide) groups is 1. The lowest BCUT2D eigenvalue weighted by atomic mass is 9.78. The molecule has 1 aromatic heterocycles. The van der Waals surface area contributed by atoms with Crippen LogP contribution in [-0.2, 0) is 4.79 Å². The van der Waals surface area contributed by atoms with Crippen LogP contribution >= 0.6 is 11.8 Å². The number of benzene rings is 1. The van der Waals surface area contributed by atoms with Gasteiger partial charge in [-0.3, -0.25) is 9.59 Å². The molecule has 0 aliphatic carbocycles. The third-order valence-corrected chi connectivity index (χ3v) is 6.20. The summed E-state index contributed by atoms with van der Waals surface area (Å²) >= 11 is 1.35. The van der Waals surface area contributed by atoms with Gasteiger partial charge in [-0.1, -0.05) is 24.8 Å². The molecule has 1 aromatic carbocycles. The number of anilines is 1. The van der Waals surface area contributed by atoms with E-state index in [0.29, 0.717) is 10.7 Å². The van der Waals surface area contributed by atoms with E-state index in [-0.39, 0.29) is 28.9 Å². The number of carbonyl (C=O) groups excluding carboxylic acids is 2. The Kier molecular flexibility index (Phi) is 5.86. The number of hydrogen-bond donors (Lipinski definition) is 0. The zero-order chi connectivity index (χ0) is 21.5. The third-order valence-electron chi connectivity index (χ3n) is 5.36. The minimum atomic E-state index is -0.382. The Morgan fingerprint density at radius 1 is 1.14 bits per heavy atom. The van der Waals surface area contributed by atoms with E-state index in [1.165, 1.54) is 11.8 Å². The van der Waals surface area contributed by atoms with E-state index >= 15 is 0 Å². The predicted molar refractivity (Wildman–Crippen MR) is 118 cm³/mol. The van der Waals surface area contributed by atoms with Crippen LogP contribution in [0.5, 0.6) is 0 Å². The number of fused-ring (bicyclic) bond motifs is 1. The molecular formula is C23H29N3O2S. The van der Waals surface area contributed by atoms with Gasteiger partial charge in [0.1, 0.15) is 0 Å². The zero-order valence-electron chi connectivity index (χ0n) is 18.3. The molecule has 3 rings (SSSR count). The number of nitrogens with zero attached hydrogens (tertiary/aromatic N) is 3. The number of aryl methyl sites for hydroxylation is 3. The number of Topliss-reactive ketones (excluding diaryl/α,β-unsaturated/α-hetero) is 1. The Labute approximate surface area is 177 Å². The lowest BCUT2D eigenvalue weighted by molar-refractivity contribution is -0.117. The normalized spacial score (nSPS) is 17.8. The first-order valence-corrected chi connectivity index (χ1v) is 10.9. The number of carbonyl (C=O) groups is 2. The molecule has 0 fully saturated rings. The van der Waals surface area contributed by atoms with Crippen LogP contribution in [0, 0.1) is 20.8 Å². The van der Waals surface area contributed by atoms with E-state index in [1.54, 1.807) is 6.92 Å². The highest BCUT2D eigenvalue weighted by Gasteiger charge is 2.41. The summed E-state index contributed by atoms with van der Waals surface area (Å²) in [4.78, 5) is 36.6. The Morgan fingerprint density at radius 3 is 2.34 bits per heavy atom. The second-order valence-electron chi connectivity index (χ2n) is 8.68. The second kappa shape index (κ2) is 7.90. The molecule has 6 heteroatoms. The van der Waals surface area contributed by atoms with Crippen LogP contribution in [0.15, 0.2) is 23.4 Å². The molecule has 0 spiro atoms. The van der Waals surface area contributed by atoms with Gasteiger partial charge in [-0.15, -0.1) is 0 Å². The standard InChI is InChI=1S/C23H29N3O2S/c1-13-8-18-14(2)11-23(6,7)26(21(18)19(9-13)17(5)27)20(28)12-29-22-24-15(3)10-16(4)25-22/h8-10,14H,11-12H2,1-7H3/t14-/m0/s1. The molecular weight excluding hydrogens is 382 g/mol. The van der Waals surface area contributed by atoms with Gasteiger partial charge in [-0.2, -0.15) is 0 Å². The maximum Gasteiger partial charge on any atom is 0.237 e. The van der Waals surface area contributed by atoms with Gasteiger partial charge in [0.25, 0.3) is 0 Å². The summed E-state index contributed by atoms with van der Waals surface area (Å²) in [5.74, 6) is 0.461. The zero-order valence-corrected chi connectivity index (χ0v) is 19.1. The molecule has 29 heavy (non-hydrogen) atoms. The molecule has 2 aromatic rings. The summed E-state index contributed by atoms with van der Waals surface area (Å²) < 4.78 is 0. The molecule has 1 aliphatic rings. The van der Waals surface area contributed by atoms with Gasteiger partial charge in [0.2, 0.25) is 5.91 Å². The van der Waals surface area contributed by atoms with Crippen LogP contribution in [0.2, 0.25) is 0 Å². The van der Waals surface area contributed by atoms with Gasteiger partial charge < -0.3 is 4.90 Å². The van der Waals surface area contributed by atoms with Crippen LogP contribution in [0.1, 0.15) is 72.9 Å². The number of rotatable bonds is 4. The number of amides is 1. The van der Waals surface area contributed by atoms with Crippen LogP contribution in [0.3, 0.4) is 0 Å². The molecule has 1 amide bonds. The highest BCUT2D eigenvalue weighted by atomic mass is 32.2. The Morgan fingerprint density at radius 2 is 1.76 bits per heavy atom. The van der Waals surface area contributed by atoms with Crippen molar-refractivity contribution in [3.63, 3.8) is 0 Å². The van der Waals surface area contributed by atoms with Gasteiger partial charge >= 0.3 is 0 Å². The molecule has 0 unspecified atom stereocenters. The van der Waals surface area contributed by atoms with Gasteiger partial charge in [-0.25, -0.2) is 9.97 Å². The SMILES string of the molecule is CC(=O)c1cc(C)cc2c1N(C(=O)CSc1nc(C)cc(C)n1)C(C)(C)C[C@@H]2C. The molecule has 0 N–H and O–H groups in total. The third kappa shape index (κ3) is 4.37. The molecule has 0 saturated heterocycles. The van der Waals surface area contributed by atoms with Gasteiger partial charge in [0.05, 0.1) is 11.4 Å². The van der Waals surface area contributed by atoms with Crippen molar-refractivity contribution < 1.29 is 9.59 Å². The summed E-state index contributed by atoms with van der Waals surface area (Å²) in [6, 6.07) is 5.93. The lowest BCUT2D eigenvalue weighted by Crippen LogP contribution is -2.53. The highest BCUT2D eigenvalue weighted by molar-refractivity contribution is 7.99. The molecule has 2 heterocycles. The Bertz CT molecular complexity index is 964. The van der Waals surface area contributed by atoms with E-state index < -0.39 is 0 Å². The predicted octanol–water partition coefficient (Wildman–Crippen LogP) is 5.02. The minimum Gasteiger partial charge on any atom is -0.305 e. The van der Waals surface area contributed by atoms with Crippen molar-refractivity contribution in [1.29, 1.82) is 0 Å². The second-order valence-corrected chi connectivity index (χ2v) is 9.62. The van der Waals surface area contributed by atoms with E-state index in [1.807, 2.05) is 37.8 Å². The molecule has 154 valence electrons. The van der Waals surface area contributed by atoms with Gasteiger partial charge in [-0.05, 0) is 77.1 Å². The molecule has 1 atom stereocenters. The minimum absolute atomic E-state index is 0.0158. The average Bonchev–Trinajstić information content (AvgIpc) is 2.58. The van der Waals surface area contributed by atoms with Crippen molar-refractivity contribution in [3.8, 4) is 0 Å². The van der Waals surface area contributed by atoms with E-state index in [4.69, 9.17) is 0 Å².